The minimum absolute atomic E-state index is 0.206. The van der Waals surface area contributed by atoms with E-state index < -0.39 is 5.97 Å². The Morgan fingerprint density at radius 3 is 2.34 bits per heavy atom. The van der Waals surface area contributed by atoms with E-state index in [1.807, 2.05) is 79.7 Å². The van der Waals surface area contributed by atoms with Crippen LogP contribution in [0.15, 0.2) is 84.2 Å². The van der Waals surface area contributed by atoms with Crippen LogP contribution < -0.4 is 9.47 Å². The number of ether oxygens (including phenoxy) is 4. The molecule has 0 bridgehead atoms. The van der Waals surface area contributed by atoms with Crippen LogP contribution in [-0.4, -0.2) is 33.0 Å². The van der Waals surface area contributed by atoms with Gasteiger partial charge in [0.25, 0.3) is 0 Å². The molecule has 7 nitrogen and oxygen atoms in total. The zero-order valence-electron chi connectivity index (χ0n) is 20.3. The Hall–Kier alpha value is -4.26. The molecule has 0 heterocycles. The second kappa shape index (κ2) is 12.8. The molecule has 3 aromatic carbocycles. The van der Waals surface area contributed by atoms with Crippen LogP contribution in [-0.2, 0) is 32.3 Å². The number of hydrogen-bond donors (Lipinski definition) is 0. The number of rotatable bonds is 11. The molecule has 0 aliphatic rings. The zero-order valence-corrected chi connectivity index (χ0v) is 20.3. The van der Waals surface area contributed by atoms with Crippen LogP contribution in [0.5, 0.6) is 11.5 Å². The van der Waals surface area contributed by atoms with E-state index >= 15 is 0 Å². The molecule has 0 unspecified atom stereocenters. The van der Waals surface area contributed by atoms with Crippen LogP contribution in [0, 0.1) is 0 Å². The molecule has 0 N–H and O–H groups in total. The van der Waals surface area contributed by atoms with Gasteiger partial charge in [0.2, 0.25) is 0 Å². The molecule has 0 aliphatic heterocycles. The summed E-state index contributed by atoms with van der Waals surface area (Å²) < 4.78 is 21.6. The van der Waals surface area contributed by atoms with Crippen molar-refractivity contribution in [3.05, 3.63) is 101 Å². The second-order valence-electron chi connectivity index (χ2n) is 7.51. The number of hydrogen-bond acceptors (Lipinski definition) is 7. The van der Waals surface area contributed by atoms with E-state index in [-0.39, 0.29) is 6.61 Å². The maximum Gasteiger partial charge on any atom is 0.341 e. The van der Waals surface area contributed by atoms with Crippen molar-refractivity contribution in [2.24, 2.45) is 5.16 Å². The van der Waals surface area contributed by atoms with Crippen molar-refractivity contribution in [3.63, 3.8) is 0 Å². The molecule has 0 amide bonds. The van der Waals surface area contributed by atoms with E-state index in [0.29, 0.717) is 35.0 Å². The van der Waals surface area contributed by atoms with Gasteiger partial charge in [0.05, 0.1) is 33.3 Å². The first-order valence-corrected chi connectivity index (χ1v) is 11.0. The van der Waals surface area contributed by atoms with E-state index in [1.165, 1.54) is 20.5 Å². The van der Waals surface area contributed by atoms with Crippen LogP contribution in [0.2, 0.25) is 0 Å². The fourth-order valence-corrected chi connectivity index (χ4v) is 3.36. The summed E-state index contributed by atoms with van der Waals surface area (Å²) in [6.07, 6.45) is 1.36. The maximum absolute atomic E-state index is 12.2. The monoisotopic (exact) mass is 475 g/mol. The van der Waals surface area contributed by atoms with Crippen LogP contribution >= 0.6 is 0 Å². The van der Waals surface area contributed by atoms with Crippen molar-refractivity contribution < 1.29 is 28.6 Å². The minimum Gasteiger partial charge on any atom is -0.503 e. The molecule has 0 saturated heterocycles. The van der Waals surface area contributed by atoms with Crippen molar-refractivity contribution in [2.45, 2.75) is 20.1 Å². The van der Waals surface area contributed by atoms with Gasteiger partial charge in [0.1, 0.15) is 18.8 Å². The average Bonchev–Trinajstić information content (AvgIpc) is 2.90. The molecule has 35 heavy (non-hydrogen) atoms. The maximum atomic E-state index is 12.2. The second-order valence-corrected chi connectivity index (χ2v) is 7.51. The topological polar surface area (TPSA) is 75.6 Å². The summed E-state index contributed by atoms with van der Waals surface area (Å²) in [4.78, 5) is 17.7. The van der Waals surface area contributed by atoms with Crippen molar-refractivity contribution in [2.75, 3.05) is 21.3 Å². The minimum atomic E-state index is -0.495. The lowest BCUT2D eigenvalue weighted by Gasteiger charge is -2.15. The van der Waals surface area contributed by atoms with Gasteiger partial charge in [-0.05, 0) is 41.8 Å². The van der Waals surface area contributed by atoms with Gasteiger partial charge in [0.15, 0.2) is 11.5 Å². The van der Waals surface area contributed by atoms with Gasteiger partial charge in [-0.2, -0.15) is 0 Å². The molecule has 0 spiro atoms. The number of methoxy groups -OCH3 is 3. The smallest absolute Gasteiger partial charge is 0.341 e. The normalized spacial score (nSPS) is 11.5. The molecular formula is C28H29NO6. The third kappa shape index (κ3) is 6.86. The highest BCUT2D eigenvalue weighted by Crippen LogP contribution is 2.30. The molecular weight excluding hydrogens is 446 g/mol. The Labute approximate surface area is 205 Å². The summed E-state index contributed by atoms with van der Waals surface area (Å²) in [5, 5.41) is 4.22. The Balaban J connectivity index is 1.74. The summed E-state index contributed by atoms with van der Waals surface area (Å²) >= 11 is 0. The molecule has 182 valence electrons. The zero-order chi connectivity index (χ0) is 25.0. The predicted molar refractivity (Wildman–Crippen MR) is 134 cm³/mol. The molecule has 0 fully saturated rings. The van der Waals surface area contributed by atoms with Crippen molar-refractivity contribution >= 4 is 17.3 Å². The van der Waals surface area contributed by atoms with E-state index in [1.54, 1.807) is 7.11 Å². The van der Waals surface area contributed by atoms with Crippen molar-refractivity contribution in [3.8, 4) is 11.5 Å². The number of esters is 1. The van der Waals surface area contributed by atoms with E-state index in [9.17, 15) is 4.79 Å². The summed E-state index contributed by atoms with van der Waals surface area (Å²) in [6.45, 7) is 2.46. The summed E-state index contributed by atoms with van der Waals surface area (Å²) in [7, 11) is 4.39. The van der Waals surface area contributed by atoms with Crippen molar-refractivity contribution in [1.29, 1.82) is 0 Å². The molecule has 0 aliphatic carbocycles. The average molecular weight is 476 g/mol. The third-order valence-corrected chi connectivity index (χ3v) is 5.19. The van der Waals surface area contributed by atoms with Crippen LogP contribution in [0.25, 0.3) is 5.57 Å². The number of oxime groups is 1. The summed E-state index contributed by atoms with van der Waals surface area (Å²) in [5.41, 5.74) is 4.36. The van der Waals surface area contributed by atoms with Crippen LogP contribution in [0.1, 0.15) is 29.2 Å². The standard InChI is InChI=1S/C28H29NO6/c1-20(29-35-17-21-10-6-5-7-11-21)22-14-15-26(27(16-22)32-3)34-18-23-12-8-9-13-24(23)25(19-31-2)28(30)33-4/h5-16,19H,17-18H2,1-4H3/b25-19-,29-20+. The molecule has 0 atom stereocenters. The first-order valence-electron chi connectivity index (χ1n) is 11.0. The predicted octanol–water partition coefficient (Wildman–Crippen LogP) is 5.38. The van der Waals surface area contributed by atoms with E-state index in [2.05, 4.69) is 5.16 Å². The van der Waals surface area contributed by atoms with Crippen LogP contribution in [0.4, 0.5) is 0 Å². The largest absolute Gasteiger partial charge is 0.503 e. The van der Waals surface area contributed by atoms with Gasteiger partial charge in [-0.1, -0.05) is 59.8 Å². The van der Waals surface area contributed by atoms with E-state index in [4.69, 9.17) is 23.8 Å². The lowest BCUT2D eigenvalue weighted by atomic mass is 10.0. The van der Waals surface area contributed by atoms with Gasteiger partial charge in [0, 0.05) is 5.56 Å². The van der Waals surface area contributed by atoms with E-state index in [0.717, 1.165) is 16.7 Å². The number of benzene rings is 3. The highest BCUT2D eigenvalue weighted by atomic mass is 16.6. The van der Waals surface area contributed by atoms with Gasteiger partial charge >= 0.3 is 5.97 Å². The SMILES string of the molecule is CO/C=C(\C(=O)OC)c1ccccc1COc1ccc(/C(C)=N/OCc2ccccc2)cc1OC. The lowest BCUT2D eigenvalue weighted by molar-refractivity contribution is -0.133. The highest BCUT2D eigenvalue weighted by Gasteiger charge is 2.17. The Bertz CT molecular complexity index is 1190. The van der Waals surface area contributed by atoms with Crippen molar-refractivity contribution in [1.82, 2.24) is 0 Å². The first-order chi connectivity index (χ1) is 17.1. The molecule has 0 aromatic heterocycles. The summed E-state index contributed by atoms with van der Waals surface area (Å²) in [6, 6.07) is 22.8. The van der Waals surface area contributed by atoms with Gasteiger partial charge in [-0.25, -0.2) is 4.79 Å². The first kappa shape index (κ1) is 25.4. The van der Waals surface area contributed by atoms with Gasteiger partial charge in [-0.15, -0.1) is 0 Å². The quantitative estimate of drug-likeness (QED) is 0.122. The highest BCUT2D eigenvalue weighted by molar-refractivity contribution is 6.16. The number of carbonyl (C=O) groups excluding carboxylic acids is 1. The third-order valence-electron chi connectivity index (χ3n) is 5.19. The fraction of sp³-hybridized carbons (Fsp3) is 0.214. The van der Waals surface area contributed by atoms with Crippen LogP contribution in [0.3, 0.4) is 0 Å². The van der Waals surface area contributed by atoms with Gasteiger partial charge in [-0.3, -0.25) is 0 Å². The lowest BCUT2D eigenvalue weighted by Crippen LogP contribution is -2.08. The fourth-order valence-electron chi connectivity index (χ4n) is 3.36. The molecule has 7 heteroatoms. The molecule has 3 rings (SSSR count). The van der Waals surface area contributed by atoms with Gasteiger partial charge < -0.3 is 23.8 Å². The summed E-state index contributed by atoms with van der Waals surface area (Å²) in [5.74, 6) is 0.614. The Morgan fingerprint density at radius 2 is 1.63 bits per heavy atom. The molecule has 0 radical (unpaired) electrons. The molecule has 0 saturated carbocycles. The Kier molecular flexibility index (Phi) is 9.31. The Morgan fingerprint density at radius 1 is 0.886 bits per heavy atom. The number of nitrogens with zero attached hydrogens (tertiary/aromatic N) is 1. The number of carbonyl (C=O) groups is 1. The molecule has 3 aromatic rings.